The Morgan fingerprint density at radius 1 is 1.57 bits per heavy atom. The Labute approximate surface area is 79.1 Å². The summed E-state index contributed by atoms with van der Waals surface area (Å²) in [6.07, 6.45) is -2.80. The average molecular weight is 198 g/mol. The lowest BCUT2D eigenvalue weighted by atomic mass is 10.1. The van der Waals surface area contributed by atoms with Gasteiger partial charge >= 0.3 is 0 Å². The molecule has 0 bridgehead atoms. The number of anilines is 1. The number of nitrogen functional groups attached to an aromatic ring is 1. The summed E-state index contributed by atoms with van der Waals surface area (Å²) in [4.78, 5) is 3.41. The van der Waals surface area contributed by atoms with Crippen LogP contribution in [0.5, 0.6) is 0 Å². The normalized spacial score (nSPS) is 10.2. The van der Waals surface area contributed by atoms with Crippen molar-refractivity contribution in [3.63, 3.8) is 0 Å². The highest BCUT2D eigenvalue weighted by Crippen LogP contribution is 2.26. The second-order valence-corrected chi connectivity index (χ2v) is 2.58. The van der Waals surface area contributed by atoms with Crippen LogP contribution in [0, 0.1) is 11.3 Å². The van der Waals surface area contributed by atoms with Crippen LogP contribution in [0.15, 0.2) is 6.07 Å². The standard InChI is InChI=1S/C8H8F2N4/c9-8(10)7-6(13)4(2-11)1-5(3-12)14-7/h1,8H,2,11,13H2. The largest absolute Gasteiger partial charge is 0.397 e. The summed E-state index contributed by atoms with van der Waals surface area (Å²) >= 11 is 0. The number of nitrogens with zero attached hydrogens (tertiary/aromatic N) is 2. The van der Waals surface area contributed by atoms with Gasteiger partial charge in [-0.1, -0.05) is 0 Å². The summed E-state index contributed by atoms with van der Waals surface area (Å²) < 4.78 is 24.7. The molecule has 1 heterocycles. The van der Waals surface area contributed by atoms with E-state index in [0.29, 0.717) is 5.56 Å². The molecule has 0 saturated heterocycles. The van der Waals surface area contributed by atoms with Crippen LogP contribution >= 0.6 is 0 Å². The molecule has 1 aromatic rings. The van der Waals surface area contributed by atoms with Crippen molar-refractivity contribution >= 4 is 5.69 Å². The smallest absolute Gasteiger partial charge is 0.282 e. The van der Waals surface area contributed by atoms with Gasteiger partial charge < -0.3 is 11.5 Å². The van der Waals surface area contributed by atoms with Gasteiger partial charge in [-0.15, -0.1) is 0 Å². The number of hydrogen-bond acceptors (Lipinski definition) is 4. The molecule has 0 aliphatic heterocycles. The molecular weight excluding hydrogens is 190 g/mol. The molecule has 74 valence electrons. The Bertz CT molecular complexity index is 384. The number of aromatic nitrogens is 1. The van der Waals surface area contributed by atoms with E-state index in [1.165, 1.54) is 6.07 Å². The number of nitriles is 1. The Morgan fingerprint density at radius 3 is 2.64 bits per heavy atom. The van der Waals surface area contributed by atoms with E-state index in [0.717, 1.165) is 0 Å². The monoisotopic (exact) mass is 198 g/mol. The lowest BCUT2D eigenvalue weighted by molar-refractivity contribution is 0.147. The lowest BCUT2D eigenvalue weighted by Gasteiger charge is -2.08. The summed E-state index contributed by atoms with van der Waals surface area (Å²) in [5, 5.41) is 8.52. The zero-order chi connectivity index (χ0) is 10.7. The van der Waals surface area contributed by atoms with Crippen LogP contribution in [-0.4, -0.2) is 4.98 Å². The highest BCUT2D eigenvalue weighted by atomic mass is 19.3. The van der Waals surface area contributed by atoms with Crippen molar-refractivity contribution in [1.82, 2.24) is 4.98 Å². The van der Waals surface area contributed by atoms with E-state index in [2.05, 4.69) is 4.98 Å². The molecule has 0 aliphatic rings. The van der Waals surface area contributed by atoms with Crippen LogP contribution in [0.4, 0.5) is 14.5 Å². The van der Waals surface area contributed by atoms with E-state index in [9.17, 15) is 8.78 Å². The average Bonchev–Trinajstić information content (AvgIpc) is 2.17. The van der Waals surface area contributed by atoms with Gasteiger partial charge in [-0.25, -0.2) is 13.8 Å². The third kappa shape index (κ3) is 1.78. The van der Waals surface area contributed by atoms with Gasteiger partial charge in [0.15, 0.2) is 0 Å². The molecule has 0 unspecified atom stereocenters. The lowest BCUT2D eigenvalue weighted by Crippen LogP contribution is -2.08. The van der Waals surface area contributed by atoms with E-state index in [1.54, 1.807) is 6.07 Å². The molecule has 4 N–H and O–H groups in total. The Hall–Kier alpha value is -1.74. The zero-order valence-corrected chi connectivity index (χ0v) is 7.17. The van der Waals surface area contributed by atoms with Crippen LogP contribution in [0.1, 0.15) is 23.4 Å². The third-order valence-electron chi connectivity index (χ3n) is 1.71. The summed E-state index contributed by atoms with van der Waals surface area (Å²) in [5.41, 5.74) is 10.2. The number of halogens is 2. The third-order valence-corrected chi connectivity index (χ3v) is 1.71. The second kappa shape index (κ2) is 3.98. The summed E-state index contributed by atoms with van der Waals surface area (Å²) in [6.45, 7) is 0.00273. The van der Waals surface area contributed by atoms with Crippen molar-refractivity contribution in [2.45, 2.75) is 13.0 Å². The van der Waals surface area contributed by atoms with Crippen LogP contribution in [0.2, 0.25) is 0 Å². The first-order chi connectivity index (χ1) is 6.60. The van der Waals surface area contributed by atoms with Crippen molar-refractivity contribution in [3.8, 4) is 6.07 Å². The van der Waals surface area contributed by atoms with Crippen LogP contribution in [0.25, 0.3) is 0 Å². The van der Waals surface area contributed by atoms with Gasteiger partial charge in [-0.05, 0) is 11.6 Å². The molecule has 0 radical (unpaired) electrons. The number of hydrogen-bond donors (Lipinski definition) is 2. The topological polar surface area (TPSA) is 88.7 Å². The van der Waals surface area contributed by atoms with Crippen molar-refractivity contribution < 1.29 is 8.78 Å². The van der Waals surface area contributed by atoms with Gasteiger partial charge in [0.2, 0.25) is 0 Å². The molecule has 1 rings (SSSR count). The molecule has 4 nitrogen and oxygen atoms in total. The maximum absolute atomic E-state index is 12.4. The van der Waals surface area contributed by atoms with Crippen LogP contribution < -0.4 is 11.5 Å². The zero-order valence-electron chi connectivity index (χ0n) is 7.17. The molecule has 0 saturated carbocycles. The summed E-state index contributed by atoms with van der Waals surface area (Å²) in [6, 6.07) is 2.98. The summed E-state index contributed by atoms with van der Waals surface area (Å²) in [7, 11) is 0. The van der Waals surface area contributed by atoms with Gasteiger partial charge in [-0.2, -0.15) is 5.26 Å². The fraction of sp³-hybridized carbons (Fsp3) is 0.250. The molecule has 0 amide bonds. The molecule has 0 fully saturated rings. The minimum Gasteiger partial charge on any atom is -0.397 e. The van der Waals surface area contributed by atoms with Crippen molar-refractivity contribution in [2.24, 2.45) is 5.73 Å². The number of alkyl halides is 2. The van der Waals surface area contributed by atoms with Gasteiger partial charge in [-0.3, -0.25) is 0 Å². The summed E-state index contributed by atoms with van der Waals surface area (Å²) in [5.74, 6) is 0. The minimum absolute atomic E-state index is 0.00273. The highest BCUT2D eigenvalue weighted by Gasteiger charge is 2.17. The number of rotatable bonds is 2. The molecule has 6 heteroatoms. The van der Waals surface area contributed by atoms with Gasteiger partial charge in [0.25, 0.3) is 6.43 Å². The Morgan fingerprint density at radius 2 is 2.21 bits per heavy atom. The number of pyridine rings is 1. The van der Waals surface area contributed by atoms with E-state index in [1.807, 2.05) is 0 Å². The molecule has 1 aromatic heterocycles. The molecular formula is C8H8F2N4. The quantitative estimate of drug-likeness (QED) is 0.739. The Balaban J connectivity index is 3.36. The number of nitrogens with two attached hydrogens (primary N) is 2. The minimum atomic E-state index is -2.80. The predicted molar refractivity (Wildman–Crippen MR) is 46.2 cm³/mol. The fourth-order valence-corrected chi connectivity index (χ4v) is 1.02. The fourth-order valence-electron chi connectivity index (χ4n) is 1.02. The second-order valence-electron chi connectivity index (χ2n) is 2.58. The first-order valence-corrected chi connectivity index (χ1v) is 3.77. The van der Waals surface area contributed by atoms with Gasteiger partial charge in [0, 0.05) is 6.54 Å². The molecule has 0 spiro atoms. The highest BCUT2D eigenvalue weighted by molar-refractivity contribution is 5.53. The maximum Gasteiger partial charge on any atom is 0.282 e. The Kier molecular flexibility index (Phi) is 2.94. The van der Waals surface area contributed by atoms with Crippen molar-refractivity contribution in [3.05, 3.63) is 23.0 Å². The van der Waals surface area contributed by atoms with E-state index < -0.39 is 12.1 Å². The van der Waals surface area contributed by atoms with Crippen LogP contribution in [-0.2, 0) is 6.54 Å². The molecule has 0 aromatic carbocycles. The molecule has 0 aliphatic carbocycles. The van der Waals surface area contributed by atoms with Crippen molar-refractivity contribution in [1.29, 1.82) is 5.26 Å². The molecule has 14 heavy (non-hydrogen) atoms. The maximum atomic E-state index is 12.4. The first kappa shape index (κ1) is 10.3. The van der Waals surface area contributed by atoms with E-state index in [-0.39, 0.29) is 17.9 Å². The van der Waals surface area contributed by atoms with E-state index in [4.69, 9.17) is 16.7 Å². The molecule has 0 atom stereocenters. The van der Waals surface area contributed by atoms with Crippen LogP contribution in [0.3, 0.4) is 0 Å². The SMILES string of the molecule is N#Cc1cc(CN)c(N)c(C(F)F)n1. The first-order valence-electron chi connectivity index (χ1n) is 3.77. The van der Waals surface area contributed by atoms with Gasteiger partial charge in [0.1, 0.15) is 17.5 Å². The van der Waals surface area contributed by atoms with Gasteiger partial charge in [0.05, 0.1) is 5.69 Å². The van der Waals surface area contributed by atoms with E-state index >= 15 is 0 Å². The van der Waals surface area contributed by atoms with Crippen molar-refractivity contribution in [2.75, 3.05) is 5.73 Å². The predicted octanol–water partition coefficient (Wildman–Crippen LogP) is 0.932.